The SMILES string of the molecule is O=C(NC[C@H](CO)CC1CCCCC1)C1CC=CC1. The number of carbonyl (C=O) groups excluding carboxylic acids is 1. The highest BCUT2D eigenvalue weighted by Crippen LogP contribution is 2.29. The normalized spacial score (nSPS) is 22.6. The fourth-order valence-corrected chi connectivity index (χ4v) is 3.34. The smallest absolute Gasteiger partial charge is 0.223 e. The highest BCUT2D eigenvalue weighted by atomic mass is 16.3. The van der Waals surface area contributed by atoms with Crippen molar-refractivity contribution >= 4 is 5.91 Å². The highest BCUT2D eigenvalue weighted by molar-refractivity contribution is 5.79. The minimum atomic E-state index is 0.133. The van der Waals surface area contributed by atoms with Crippen molar-refractivity contribution in [1.29, 1.82) is 0 Å². The number of allylic oxidation sites excluding steroid dienone is 2. The van der Waals surface area contributed by atoms with E-state index in [9.17, 15) is 9.90 Å². The molecule has 3 heteroatoms. The molecule has 2 aliphatic carbocycles. The number of hydrogen-bond donors (Lipinski definition) is 2. The van der Waals surface area contributed by atoms with E-state index in [-0.39, 0.29) is 24.3 Å². The first kappa shape index (κ1) is 14.6. The molecular formula is C16H27NO2. The summed E-state index contributed by atoms with van der Waals surface area (Å²) in [5.74, 6) is 1.29. The second-order valence-electron chi connectivity index (χ2n) is 6.17. The predicted molar refractivity (Wildman–Crippen MR) is 76.6 cm³/mol. The van der Waals surface area contributed by atoms with Gasteiger partial charge in [-0.2, -0.15) is 0 Å². The zero-order valence-corrected chi connectivity index (χ0v) is 11.8. The number of nitrogens with one attached hydrogen (secondary N) is 1. The van der Waals surface area contributed by atoms with Crippen molar-refractivity contribution < 1.29 is 9.90 Å². The highest BCUT2D eigenvalue weighted by Gasteiger charge is 2.22. The molecule has 2 N–H and O–H groups in total. The minimum Gasteiger partial charge on any atom is -0.396 e. The number of aliphatic hydroxyl groups is 1. The standard InChI is InChI=1S/C16H27NO2/c18-12-14(10-13-6-2-1-3-7-13)11-17-16(19)15-8-4-5-9-15/h4-5,13-15,18H,1-3,6-12H2,(H,17,19)/t14-/m1/s1. The molecule has 1 amide bonds. The molecule has 1 fully saturated rings. The van der Waals surface area contributed by atoms with Crippen molar-refractivity contribution in [2.75, 3.05) is 13.2 Å². The second-order valence-corrected chi connectivity index (χ2v) is 6.17. The Kier molecular flexibility index (Phi) is 5.90. The van der Waals surface area contributed by atoms with Gasteiger partial charge in [0.15, 0.2) is 0 Å². The van der Waals surface area contributed by atoms with Crippen LogP contribution in [-0.2, 0) is 4.79 Å². The van der Waals surface area contributed by atoms with Gasteiger partial charge in [0.2, 0.25) is 5.91 Å². The van der Waals surface area contributed by atoms with Crippen LogP contribution >= 0.6 is 0 Å². The van der Waals surface area contributed by atoms with E-state index in [2.05, 4.69) is 17.5 Å². The maximum atomic E-state index is 11.9. The van der Waals surface area contributed by atoms with E-state index in [4.69, 9.17) is 0 Å². The monoisotopic (exact) mass is 265 g/mol. The molecule has 0 unspecified atom stereocenters. The molecule has 2 rings (SSSR count). The zero-order chi connectivity index (χ0) is 13.5. The maximum Gasteiger partial charge on any atom is 0.223 e. The van der Waals surface area contributed by atoms with Gasteiger partial charge in [0.1, 0.15) is 0 Å². The Morgan fingerprint density at radius 1 is 1.21 bits per heavy atom. The van der Waals surface area contributed by atoms with E-state index in [1.165, 1.54) is 32.1 Å². The van der Waals surface area contributed by atoms with E-state index < -0.39 is 0 Å². The molecule has 0 aromatic heterocycles. The van der Waals surface area contributed by atoms with Crippen LogP contribution in [0.4, 0.5) is 0 Å². The average molecular weight is 265 g/mol. The van der Waals surface area contributed by atoms with Crippen LogP contribution in [0, 0.1) is 17.8 Å². The predicted octanol–water partition coefficient (Wildman–Crippen LogP) is 2.65. The Hall–Kier alpha value is -0.830. The molecular weight excluding hydrogens is 238 g/mol. The lowest BCUT2D eigenvalue weighted by molar-refractivity contribution is -0.124. The van der Waals surface area contributed by atoms with E-state index in [0.717, 1.165) is 25.2 Å². The van der Waals surface area contributed by atoms with Crippen molar-refractivity contribution in [1.82, 2.24) is 5.32 Å². The van der Waals surface area contributed by atoms with Crippen molar-refractivity contribution in [3.8, 4) is 0 Å². The molecule has 0 saturated heterocycles. The fourth-order valence-electron chi connectivity index (χ4n) is 3.34. The summed E-state index contributed by atoms with van der Waals surface area (Å²) in [7, 11) is 0. The van der Waals surface area contributed by atoms with Crippen LogP contribution in [0.2, 0.25) is 0 Å². The van der Waals surface area contributed by atoms with Crippen molar-refractivity contribution in [2.45, 2.75) is 51.4 Å². The zero-order valence-electron chi connectivity index (χ0n) is 11.8. The number of hydrogen-bond acceptors (Lipinski definition) is 2. The molecule has 0 aromatic carbocycles. The summed E-state index contributed by atoms with van der Waals surface area (Å²) < 4.78 is 0. The summed E-state index contributed by atoms with van der Waals surface area (Å²) in [6, 6.07) is 0. The molecule has 1 saturated carbocycles. The summed E-state index contributed by atoms with van der Waals surface area (Å²) in [4.78, 5) is 11.9. The molecule has 0 spiro atoms. The molecule has 0 heterocycles. The Labute approximate surface area is 116 Å². The van der Waals surface area contributed by atoms with E-state index >= 15 is 0 Å². The lowest BCUT2D eigenvalue weighted by Gasteiger charge is -2.26. The van der Waals surface area contributed by atoms with Gasteiger partial charge in [0.05, 0.1) is 0 Å². The summed E-state index contributed by atoms with van der Waals surface area (Å²) in [6.07, 6.45) is 13.6. The van der Waals surface area contributed by atoms with Gasteiger partial charge in [-0.05, 0) is 31.1 Å². The second kappa shape index (κ2) is 7.68. The Morgan fingerprint density at radius 3 is 2.53 bits per heavy atom. The Bertz CT molecular complexity index is 300. The third kappa shape index (κ3) is 4.64. The van der Waals surface area contributed by atoms with Gasteiger partial charge in [0, 0.05) is 19.1 Å². The van der Waals surface area contributed by atoms with Gasteiger partial charge in [-0.1, -0.05) is 44.3 Å². The van der Waals surface area contributed by atoms with Crippen molar-refractivity contribution in [2.24, 2.45) is 17.8 Å². The molecule has 19 heavy (non-hydrogen) atoms. The molecule has 3 nitrogen and oxygen atoms in total. The summed E-state index contributed by atoms with van der Waals surface area (Å²) >= 11 is 0. The first-order chi connectivity index (χ1) is 9.29. The Balaban J connectivity index is 1.67. The molecule has 1 atom stereocenters. The average Bonchev–Trinajstić information content (AvgIpc) is 2.98. The number of carbonyl (C=O) groups is 1. The topological polar surface area (TPSA) is 49.3 Å². The maximum absolute atomic E-state index is 11.9. The summed E-state index contributed by atoms with van der Waals surface area (Å²) in [6.45, 7) is 0.835. The van der Waals surface area contributed by atoms with E-state index in [1.807, 2.05) is 0 Å². The Morgan fingerprint density at radius 2 is 1.89 bits per heavy atom. The van der Waals surface area contributed by atoms with Crippen LogP contribution in [0.5, 0.6) is 0 Å². The van der Waals surface area contributed by atoms with E-state index in [0.29, 0.717) is 6.54 Å². The van der Waals surface area contributed by atoms with Crippen LogP contribution in [0.3, 0.4) is 0 Å². The van der Waals surface area contributed by atoms with Crippen LogP contribution in [0.1, 0.15) is 51.4 Å². The molecule has 108 valence electrons. The fraction of sp³-hybridized carbons (Fsp3) is 0.812. The molecule has 0 radical (unpaired) electrons. The van der Waals surface area contributed by atoms with Crippen LogP contribution in [-0.4, -0.2) is 24.2 Å². The number of aliphatic hydroxyl groups excluding tert-OH is 1. The van der Waals surface area contributed by atoms with Crippen LogP contribution in [0.25, 0.3) is 0 Å². The van der Waals surface area contributed by atoms with Crippen molar-refractivity contribution in [3.05, 3.63) is 12.2 Å². The van der Waals surface area contributed by atoms with Crippen LogP contribution < -0.4 is 5.32 Å². The first-order valence-electron chi connectivity index (χ1n) is 7.83. The largest absolute Gasteiger partial charge is 0.396 e. The van der Waals surface area contributed by atoms with Gasteiger partial charge in [-0.15, -0.1) is 0 Å². The van der Waals surface area contributed by atoms with Crippen LogP contribution in [0.15, 0.2) is 12.2 Å². The summed E-state index contributed by atoms with van der Waals surface area (Å²) in [5.41, 5.74) is 0. The van der Waals surface area contributed by atoms with Gasteiger partial charge < -0.3 is 10.4 Å². The van der Waals surface area contributed by atoms with Gasteiger partial charge in [-0.3, -0.25) is 4.79 Å². The first-order valence-corrected chi connectivity index (χ1v) is 7.83. The lowest BCUT2D eigenvalue weighted by atomic mass is 9.83. The van der Waals surface area contributed by atoms with Gasteiger partial charge >= 0.3 is 0 Å². The molecule has 0 bridgehead atoms. The third-order valence-electron chi connectivity index (χ3n) is 4.59. The molecule has 0 aliphatic heterocycles. The number of rotatable bonds is 6. The quantitative estimate of drug-likeness (QED) is 0.725. The lowest BCUT2D eigenvalue weighted by Crippen LogP contribution is -2.35. The number of amides is 1. The molecule has 0 aromatic rings. The summed E-state index contributed by atoms with van der Waals surface area (Å²) in [5, 5.41) is 12.5. The van der Waals surface area contributed by atoms with E-state index in [1.54, 1.807) is 0 Å². The molecule has 2 aliphatic rings. The third-order valence-corrected chi connectivity index (χ3v) is 4.59. The minimum absolute atomic E-state index is 0.133. The van der Waals surface area contributed by atoms with Gasteiger partial charge in [0.25, 0.3) is 0 Å². The van der Waals surface area contributed by atoms with Gasteiger partial charge in [-0.25, -0.2) is 0 Å². The van der Waals surface area contributed by atoms with Crippen molar-refractivity contribution in [3.63, 3.8) is 0 Å².